The number of likely N-dealkylation sites (N-methyl/N-ethyl adjacent to an activating group) is 2. The lowest BCUT2D eigenvalue weighted by molar-refractivity contribution is -0.134. The van der Waals surface area contributed by atoms with Crippen LogP contribution in [0.2, 0.25) is 0 Å². The molecule has 11 heteroatoms. The highest BCUT2D eigenvalue weighted by molar-refractivity contribution is 8.03. The number of fused-ring (bicyclic) bond motifs is 1. The Morgan fingerprint density at radius 2 is 1.61 bits per heavy atom. The molecule has 0 N–H and O–H groups in total. The van der Waals surface area contributed by atoms with Crippen molar-refractivity contribution in [2.45, 2.75) is 11.3 Å². The van der Waals surface area contributed by atoms with Crippen molar-refractivity contribution in [1.29, 1.82) is 0 Å². The normalized spacial score (nSPS) is 18.5. The minimum Gasteiger partial charge on any atom is -0.748 e. The van der Waals surface area contributed by atoms with Crippen LogP contribution in [0.3, 0.4) is 0 Å². The zero-order valence-electron chi connectivity index (χ0n) is 16.8. The molecule has 2 aliphatic rings. The van der Waals surface area contributed by atoms with E-state index in [0.29, 0.717) is 6.54 Å². The first-order chi connectivity index (χ1) is 14.6. The summed E-state index contributed by atoms with van der Waals surface area (Å²) < 4.78 is 32.8. The second-order valence-corrected chi connectivity index (χ2v) is 9.40. The third-order valence-electron chi connectivity index (χ3n) is 4.67. The molecule has 2 aliphatic heterocycles. The van der Waals surface area contributed by atoms with E-state index in [0.717, 1.165) is 25.4 Å². The number of hydrogen-bond donors (Lipinski definition) is 0. The van der Waals surface area contributed by atoms with E-state index in [4.69, 9.17) is 0 Å². The van der Waals surface area contributed by atoms with Gasteiger partial charge in [-0.1, -0.05) is 36.0 Å². The van der Waals surface area contributed by atoms with Crippen molar-refractivity contribution in [3.63, 3.8) is 0 Å². The molecule has 0 saturated carbocycles. The highest BCUT2D eigenvalue weighted by atomic mass is 32.2. The number of carbonyl (C=O) groups is 3. The maximum atomic E-state index is 12.2. The number of nitrogens with zero attached hydrogens (tertiary/aromatic N) is 3. The fourth-order valence-electron chi connectivity index (χ4n) is 3.09. The maximum absolute atomic E-state index is 12.2. The number of rotatable bonds is 6. The number of urea groups is 1. The van der Waals surface area contributed by atoms with Gasteiger partial charge in [0.15, 0.2) is 0 Å². The standard InChI is InChI=1S/C20H21N3O6S2/c1-21-18(24)14(19(25)22(2)20(21)26)8-3-6-11-17-23(12-7-13-31(27,28)29)15-9-4-5-10-16(15)30-17/h3-6,8-11H,7,12-13H2,1-2H3,(H,27,28,29)/p-1/b6-3+,17-11-. The first-order valence-corrected chi connectivity index (χ1v) is 11.7. The van der Waals surface area contributed by atoms with E-state index in [1.54, 1.807) is 12.2 Å². The molecule has 31 heavy (non-hydrogen) atoms. The lowest BCUT2D eigenvalue weighted by Gasteiger charge is -2.28. The van der Waals surface area contributed by atoms with E-state index in [1.165, 1.54) is 38.0 Å². The molecule has 4 amide bonds. The third kappa shape index (κ3) is 5.06. The summed E-state index contributed by atoms with van der Waals surface area (Å²) in [4.78, 5) is 40.8. The summed E-state index contributed by atoms with van der Waals surface area (Å²) in [6, 6.07) is 6.92. The molecule has 0 unspecified atom stereocenters. The molecule has 0 radical (unpaired) electrons. The van der Waals surface area contributed by atoms with Crippen LogP contribution in [0.1, 0.15) is 6.42 Å². The zero-order valence-corrected chi connectivity index (χ0v) is 18.5. The second-order valence-electron chi connectivity index (χ2n) is 6.82. The van der Waals surface area contributed by atoms with Gasteiger partial charge in [-0.3, -0.25) is 19.4 Å². The molecule has 9 nitrogen and oxygen atoms in total. The second kappa shape index (κ2) is 9.08. The average Bonchev–Trinajstić information content (AvgIpc) is 3.07. The number of anilines is 1. The number of hydrogen-bond acceptors (Lipinski definition) is 8. The Bertz CT molecular complexity index is 1100. The highest BCUT2D eigenvalue weighted by Crippen LogP contribution is 2.45. The topological polar surface area (TPSA) is 118 Å². The fourth-order valence-corrected chi connectivity index (χ4v) is 4.67. The fraction of sp³-hybridized carbons (Fsp3) is 0.250. The minimum absolute atomic E-state index is 0.126. The van der Waals surface area contributed by atoms with E-state index >= 15 is 0 Å². The van der Waals surface area contributed by atoms with Crippen LogP contribution in [0.25, 0.3) is 0 Å². The van der Waals surface area contributed by atoms with Gasteiger partial charge in [0, 0.05) is 31.3 Å². The Balaban J connectivity index is 1.79. The van der Waals surface area contributed by atoms with Crippen LogP contribution in [-0.2, 0) is 19.7 Å². The van der Waals surface area contributed by atoms with Gasteiger partial charge in [-0.2, -0.15) is 0 Å². The molecule has 1 saturated heterocycles. The molecule has 1 aromatic rings. The molecule has 0 aliphatic carbocycles. The molecule has 2 heterocycles. The van der Waals surface area contributed by atoms with Crippen LogP contribution in [0.4, 0.5) is 10.5 Å². The molecule has 0 atom stereocenters. The summed E-state index contributed by atoms with van der Waals surface area (Å²) in [5.41, 5.74) is 0.785. The van der Waals surface area contributed by atoms with Crippen LogP contribution in [0.15, 0.2) is 64.1 Å². The van der Waals surface area contributed by atoms with Gasteiger partial charge in [0.1, 0.15) is 5.57 Å². The summed E-state index contributed by atoms with van der Waals surface area (Å²) >= 11 is 1.48. The first-order valence-electron chi connectivity index (χ1n) is 9.27. The third-order valence-corrected chi connectivity index (χ3v) is 6.59. The predicted molar refractivity (Wildman–Crippen MR) is 115 cm³/mol. The summed E-state index contributed by atoms with van der Waals surface area (Å²) in [6.45, 7) is 0.348. The van der Waals surface area contributed by atoms with Crippen molar-refractivity contribution >= 4 is 45.4 Å². The van der Waals surface area contributed by atoms with Gasteiger partial charge in [-0.15, -0.1) is 0 Å². The number of allylic oxidation sites excluding steroid dienone is 4. The van der Waals surface area contributed by atoms with Gasteiger partial charge in [0.25, 0.3) is 11.8 Å². The maximum Gasteiger partial charge on any atom is 0.333 e. The SMILES string of the molecule is CN1C(=O)C(=C/C=C/C=C2\Sc3ccccc3N2CCCS(=O)(=O)[O-])C(=O)N(C)C1=O. The molecule has 0 spiro atoms. The monoisotopic (exact) mass is 462 g/mol. The van der Waals surface area contributed by atoms with Crippen LogP contribution in [-0.4, -0.2) is 67.0 Å². The van der Waals surface area contributed by atoms with Gasteiger partial charge in [0.05, 0.1) is 20.8 Å². The Labute approximate surface area is 184 Å². The summed E-state index contributed by atoms with van der Waals surface area (Å²) in [6.07, 6.45) is 6.47. The number of imide groups is 2. The van der Waals surface area contributed by atoms with Crippen LogP contribution in [0.5, 0.6) is 0 Å². The summed E-state index contributed by atoms with van der Waals surface area (Å²) in [7, 11) is -1.68. The number of carbonyl (C=O) groups excluding carboxylic acids is 3. The molecular formula is C20H20N3O6S2-. The molecule has 0 bridgehead atoms. The number of barbiturate groups is 1. The van der Waals surface area contributed by atoms with E-state index < -0.39 is 33.7 Å². The highest BCUT2D eigenvalue weighted by Gasteiger charge is 2.37. The van der Waals surface area contributed by atoms with Crippen molar-refractivity contribution in [3.8, 4) is 0 Å². The van der Waals surface area contributed by atoms with Crippen LogP contribution in [0, 0.1) is 0 Å². The van der Waals surface area contributed by atoms with E-state index in [9.17, 15) is 27.4 Å². The van der Waals surface area contributed by atoms with Gasteiger partial charge >= 0.3 is 6.03 Å². The number of amides is 4. The smallest absolute Gasteiger partial charge is 0.333 e. The molecule has 0 aromatic heterocycles. The lowest BCUT2D eigenvalue weighted by Crippen LogP contribution is -2.52. The summed E-state index contributed by atoms with van der Waals surface area (Å²) in [5, 5.41) is 0.810. The lowest BCUT2D eigenvalue weighted by atomic mass is 10.1. The Morgan fingerprint density at radius 3 is 2.26 bits per heavy atom. The van der Waals surface area contributed by atoms with Crippen molar-refractivity contribution < 1.29 is 27.4 Å². The summed E-state index contributed by atoms with van der Waals surface area (Å²) in [5.74, 6) is -1.79. The van der Waals surface area contributed by atoms with Gasteiger partial charge in [0.2, 0.25) is 0 Å². The number of benzene rings is 1. The molecular weight excluding hydrogens is 442 g/mol. The largest absolute Gasteiger partial charge is 0.748 e. The molecule has 1 fully saturated rings. The molecule has 3 rings (SSSR count). The first kappa shape index (κ1) is 22.8. The van der Waals surface area contributed by atoms with Gasteiger partial charge < -0.3 is 9.45 Å². The Morgan fingerprint density at radius 1 is 1.00 bits per heavy atom. The van der Waals surface area contributed by atoms with E-state index in [2.05, 4.69) is 0 Å². The van der Waals surface area contributed by atoms with E-state index in [1.807, 2.05) is 29.2 Å². The molecule has 164 valence electrons. The Hall–Kier alpha value is -2.89. The van der Waals surface area contributed by atoms with E-state index in [-0.39, 0.29) is 12.0 Å². The van der Waals surface area contributed by atoms with Gasteiger partial charge in [-0.25, -0.2) is 13.2 Å². The quantitative estimate of drug-likeness (QED) is 0.357. The zero-order chi connectivity index (χ0) is 22.8. The van der Waals surface area contributed by atoms with Crippen molar-refractivity contribution in [3.05, 3.63) is 59.2 Å². The van der Waals surface area contributed by atoms with Crippen LogP contribution >= 0.6 is 11.8 Å². The number of para-hydroxylation sites is 1. The van der Waals surface area contributed by atoms with Crippen LogP contribution < -0.4 is 4.90 Å². The molecule has 1 aromatic carbocycles. The van der Waals surface area contributed by atoms with Gasteiger partial charge in [-0.05, 0) is 30.7 Å². The average molecular weight is 463 g/mol. The van der Waals surface area contributed by atoms with Crippen molar-refractivity contribution in [2.24, 2.45) is 0 Å². The predicted octanol–water partition coefficient (Wildman–Crippen LogP) is 1.91. The minimum atomic E-state index is -4.29. The van der Waals surface area contributed by atoms with Crippen molar-refractivity contribution in [1.82, 2.24) is 9.80 Å². The Kier molecular flexibility index (Phi) is 6.68. The number of thioether (sulfide) groups is 1. The van der Waals surface area contributed by atoms with Crippen molar-refractivity contribution in [2.75, 3.05) is 31.3 Å².